The summed E-state index contributed by atoms with van der Waals surface area (Å²) in [7, 11) is 6.58. The third kappa shape index (κ3) is 4.80. The van der Waals surface area contributed by atoms with Gasteiger partial charge in [-0.15, -0.1) is 0 Å². The number of nitrogens with two attached hydrogens (primary N) is 1. The van der Waals surface area contributed by atoms with Gasteiger partial charge in [0.1, 0.15) is 22.8 Å². The maximum absolute atomic E-state index is 14.0. The summed E-state index contributed by atoms with van der Waals surface area (Å²) in [6.07, 6.45) is 0.117. The summed E-state index contributed by atoms with van der Waals surface area (Å²) in [5.74, 6) is -7.79. The van der Waals surface area contributed by atoms with Gasteiger partial charge in [-0.2, -0.15) is 0 Å². The molecule has 0 aromatic heterocycles. The molecule has 1 aromatic carbocycles. The topological polar surface area (TPSA) is 206 Å². The number of phenolic OH excluding ortho intramolecular Hbond substituents is 1. The Kier molecular flexibility index (Phi) is 7.68. The average Bonchev–Trinajstić information content (AvgIpc) is 2.85. The number of ketones is 2. The van der Waals surface area contributed by atoms with Crippen molar-refractivity contribution in [3.05, 3.63) is 34.1 Å². The number of aliphatic hydroxyl groups excluding tert-OH is 2. The molecule has 3 aliphatic rings. The standard InChI is InChI=1S/C29H39N5O8/c1-28(2,3)31-11-17(35)32-15-10-16(33(4)5)13-8-12-9-14-21(34(6)7)24(38)20(27(30)41)26(40)29(14,42)25(39)18(12)23(37)19(13)22(15)36/h10,12,14,21,31,36-37,40,42H,8-9,11H2,1-7H3,(H2,30,41)(H,32,35)/t12-,14-,21+,29-/m1/s1. The first-order valence-electron chi connectivity index (χ1n) is 13.6. The number of hydrogen-bond donors (Lipinski definition) is 7. The fourth-order valence-electron chi connectivity index (χ4n) is 6.33. The lowest BCUT2D eigenvalue weighted by Gasteiger charge is -2.50. The van der Waals surface area contributed by atoms with Crippen LogP contribution in [0.4, 0.5) is 11.4 Å². The summed E-state index contributed by atoms with van der Waals surface area (Å²) in [6, 6.07) is 0.409. The number of fused-ring (bicyclic) bond motifs is 3. The van der Waals surface area contributed by atoms with Gasteiger partial charge in [0, 0.05) is 36.8 Å². The number of primary amides is 1. The van der Waals surface area contributed by atoms with E-state index in [0.29, 0.717) is 11.3 Å². The van der Waals surface area contributed by atoms with Crippen LogP contribution in [0, 0.1) is 11.8 Å². The van der Waals surface area contributed by atoms with E-state index >= 15 is 0 Å². The van der Waals surface area contributed by atoms with Crippen LogP contribution in [0.1, 0.15) is 38.3 Å². The Bertz CT molecular complexity index is 1450. The molecule has 228 valence electrons. The number of nitrogens with zero attached hydrogens (tertiary/aromatic N) is 2. The van der Waals surface area contributed by atoms with Crippen LogP contribution in [0.3, 0.4) is 0 Å². The molecule has 0 spiro atoms. The zero-order valence-corrected chi connectivity index (χ0v) is 24.8. The number of Topliss-reactive ketones (excluding diaryl/α,β-unsaturated/α-hetero) is 2. The molecule has 1 fully saturated rings. The van der Waals surface area contributed by atoms with Gasteiger partial charge in [-0.25, -0.2) is 0 Å². The molecule has 1 aromatic rings. The Morgan fingerprint density at radius 3 is 2.26 bits per heavy atom. The van der Waals surface area contributed by atoms with Crippen molar-refractivity contribution in [3.8, 4) is 5.75 Å². The van der Waals surface area contributed by atoms with Gasteiger partial charge in [-0.05, 0) is 65.3 Å². The van der Waals surface area contributed by atoms with E-state index in [1.165, 1.54) is 4.90 Å². The maximum atomic E-state index is 14.0. The highest BCUT2D eigenvalue weighted by Gasteiger charge is 2.64. The second kappa shape index (κ2) is 10.4. The van der Waals surface area contributed by atoms with Gasteiger partial charge in [0.05, 0.1) is 23.8 Å². The van der Waals surface area contributed by atoms with E-state index in [2.05, 4.69) is 10.6 Å². The van der Waals surface area contributed by atoms with Crippen LogP contribution in [0.5, 0.6) is 5.75 Å². The number of benzene rings is 1. The molecule has 13 heteroatoms. The van der Waals surface area contributed by atoms with E-state index < -0.39 is 69.7 Å². The minimum atomic E-state index is -2.73. The molecule has 0 saturated heterocycles. The Labute approximate surface area is 243 Å². The molecule has 1 saturated carbocycles. The van der Waals surface area contributed by atoms with Gasteiger partial charge in [0.2, 0.25) is 11.7 Å². The van der Waals surface area contributed by atoms with Gasteiger partial charge in [0.15, 0.2) is 11.4 Å². The highest BCUT2D eigenvalue weighted by molar-refractivity contribution is 6.24. The number of aromatic hydroxyl groups is 1. The summed E-state index contributed by atoms with van der Waals surface area (Å²) in [5.41, 5.74) is 2.11. The van der Waals surface area contributed by atoms with E-state index in [4.69, 9.17) is 5.73 Å². The third-order valence-corrected chi connectivity index (χ3v) is 8.23. The third-order valence-electron chi connectivity index (χ3n) is 8.23. The van der Waals surface area contributed by atoms with Crippen molar-refractivity contribution in [3.63, 3.8) is 0 Å². The first-order valence-corrected chi connectivity index (χ1v) is 13.6. The second-order valence-electron chi connectivity index (χ2n) is 12.7. The van der Waals surface area contributed by atoms with Gasteiger partial charge in [0.25, 0.3) is 5.91 Å². The molecule has 0 heterocycles. The number of hydrogen-bond acceptors (Lipinski definition) is 11. The van der Waals surface area contributed by atoms with Crippen LogP contribution in [0.2, 0.25) is 0 Å². The van der Waals surface area contributed by atoms with Gasteiger partial charge >= 0.3 is 0 Å². The molecule has 4 atom stereocenters. The van der Waals surface area contributed by atoms with Crippen molar-refractivity contribution < 1.29 is 39.6 Å². The summed E-state index contributed by atoms with van der Waals surface area (Å²) in [6.45, 7) is 5.62. The van der Waals surface area contributed by atoms with Crippen LogP contribution < -0.4 is 21.3 Å². The first kappa shape index (κ1) is 31.0. The highest BCUT2D eigenvalue weighted by atomic mass is 16.3. The molecule has 0 radical (unpaired) electrons. The monoisotopic (exact) mass is 585 g/mol. The Balaban J connectivity index is 1.89. The maximum Gasteiger partial charge on any atom is 0.255 e. The largest absolute Gasteiger partial charge is 0.508 e. The molecule has 0 unspecified atom stereocenters. The minimum absolute atomic E-state index is 0.00158. The van der Waals surface area contributed by atoms with E-state index in [9.17, 15) is 39.6 Å². The van der Waals surface area contributed by atoms with E-state index in [1.807, 2.05) is 20.8 Å². The van der Waals surface area contributed by atoms with Crippen molar-refractivity contribution in [2.75, 3.05) is 45.0 Å². The molecule has 4 rings (SSSR count). The zero-order valence-electron chi connectivity index (χ0n) is 24.8. The van der Waals surface area contributed by atoms with Crippen LogP contribution in [-0.2, 0) is 25.6 Å². The summed E-state index contributed by atoms with van der Waals surface area (Å²) < 4.78 is 0. The number of aliphatic hydroxyl groups is 3. The van der Waals surface area contributed by atoms with Gasteiger partial charge < -0.3 is 41.7 Å². The number of amides is 2. The van der Waals surface area contributed by atoms with Crippen LogP contribution in [0.25, 0.3) is 5.76 Å². The summed E-state index contributed by atoms with van der Waals surface area (Å²) in [5, 5.41) is 51.3. The van der Waals surface area contributed by atoms with Crippen molar-refractivity contribution in [2.45, 2.75) is 50.8 Å². The lowest BCUT2D eigenvalue weighted by Crippen LogP contribution is -2.65. The van der Waals surface area contributed by atoms with Crippen molar-refractivity contribution in [1.82, 2.24) is 10.2 Å². The molecular formula is C29H39N5O8. The molecule has 13 nitrogen and oxygen atoms in total. The fourth-order valence-corrected chi connectivity index (χ4v) is 6.33. The summed E-state index contributed by atoms with van der Waals surface area (Å²) >= 11 is 0. The van der Waals surface area contributed by atoms with Gasteiger partial charge in [-0.1, -0.05) is 0 Å². The van der Waals surface area contributed by atoms with Crippen LogP contribution >= 0.6 is 0 Å². The quantitative estimate of drug-likeness (QED) is 0.179. The van der Waals surface area contributed by atoms with Crippen LogP contribution in [0.15, 0.2) is 23.0 Å². The van der Waals surface area contributed by atoms with E-state index in [-0.39, 0.29) is 41.7 Å². The highest BCUT2D eigenvalue weighted by Crippen LogP contribution is 2.54. The molecular weight excluding hydrogens is 546 g/mol. The number of rotatable bonds is 6. The predicted molar refractivity (Wildman–Crippen MR) is 155 cm³/mol. The fraction of sp³-hybridized carbons (Fsp3) is 0.517. The second-order valence-corrected chi connectivity index (χ2v) is 12.7. The van der Waals surface area contributed by atoms with Crippen LogP contribution in [-0.4, -0.2) is 101 Å². The Morgan fingerprint density at radius 2 is 1.74 bits per heavy atom. The number of anilines is 2. The minimum Gasteiger partial charge on any atom is -0.508 e. The number of likely N-dealkylation sites (N-methyl/N-ethyl adjacent to an activating group) is 1. The molecule has 0 aliphatic heterocycles. The number of phenols is 1. The Hall–Kier alpha value is -3.94. The molecule has 2 amide bonds. The van der Waals surface area contributed by atoms with Crippen molar-refractivity contribution in [1.29, 1.82) is 0 Å². The first-order chi connectivity index (χ1) is 19.3. The summed E-state index contributed by atoms with van der Waals surface area (Å²) in [4.78, 5) is 55.3. The van der Waals surface area contributed by atoms with Crippen molar-refractivity contribution in [2.24, 2.45) is 17.6 Å². The smallest absolute Gasteiger partial charge is 0.255 e. The molecule has 8 N–H and O–H groups in total. The lowest BCUT2D eigenvalue weighted by atomic mass is 9.57. The van der Waals surface area contributed by atoms with E-state index in [0.717, 1.165) is 0 Å². The zero-order chi connectivity index (χ0) is 31.6. The number of carbonyl (C=O) groups is 4. The number of carbonyl (C=O) groups excluding carboxylic acids is 4. The molecule has 42 heavy (non-hydrogen) atoms. The normalized spacial score (nSPS) is 25.7. The predicted octanol–water partition coefficient (Wildman–Crippen LogP) is 0.357. The van der Waals surface area contributed by atoms with Gasteiger partial charge in [-0.3, -0.25) is 24.1 Å². The Morgan fingerprint density at radius 1 is 1.12 bits per heavy atom. The van der Waals surface area contributed by atoms with E-state index in [1.54, 1.807) is 39.2 Å². The molecule has 0 bridgehead atoms. The lowest BCUT2D eigenvalue weighted by molar-refractivity contribution is -0.153. The number of nitrogens with one attached hydrogen (secondary N) is 2. The average molecular weight is 586 g/mol. The van der Waals surface area contributed by atoms with Crippen molar-refractivity contribution >= 4 is 40.5 Å². The molecule has 3 aliphatic carbocycles. The SMILES string of the molecule is CN(C)c1cc(NC(=O)CNC(C)(C)C)c(O)c2c1C[C@@H]1C[C@@H]3[C@H](N(C)C)C(=O)C(C(N)=O)=C(O)[C@]3(O)C(=O)C1=C2O.